The molecule has 0 unspecified atom stereocenters. The summed E-state index contributed by atoms with van der Waals surface area (Å²) < 4.78 is 0. The molecule has 0 amide bonds. The molecule has 1 aliphatic rings. The van der Waals surface area contributed by atoms with Gasteiger partial charge < -0.3 is 0 Å². The minimum Gasteiger partial charge on any atom is -0.0651 e. The Morgan fingerprint density at radius 1 is 1.14 bits per heavy atom. The summed E-state index contributed by atoms with van der Waals surface area (Å²) >= 11 is 0. The fourth-order valence-electron chi connectivity index (χ4n) is 2.59. The molecule has 76 valence electrons. The lowest BCUT2D eigenvalue weighted by atomic mass is 9.95. The fourth-order valence-corrected chi connectivity index (χ4v) is 2.59. The molecular formula is C14H20. The first-order valence-corrected chi connectivity index (χ1v) is 5.86. The van der Waals surface area contributed by atoms with E-state index in [1.54, 1.807) is 5.56 Å². The average molecular weight is 188 g/mol. The van der Waals surface area contributed by atoms with E-state index >= 15 is 0 Å². The third-order valence-electron chi connectivity index (χ3n) is 3.67. The molecule has 14 heavy (non-hydrogen) atoms. The molecule has 0 radical (unpaired) electrons. The first kappa shape index (κ1) is 9.76. The Morgan fingerprint density at radius 3 is 2.43 bits per heavy atom. The van der Waals surface area contributed by atoms with Gasteiger partial charge in [-0.1, -0.05) is 43.2 Å². The summed E-state index contributed by atoms with van der Waals surface area (Å²) in [7, 11) is 0. The Labute approximate surface area is 87.3 Å². The van der Waals surface area contributed by atoms with E-state index in [1.165, 1.54) is 31.2 Å². The number of hydrogen-bond donors (Lipinski definition) is 0. The predicted molar refractivity (Wildman–Crippen MR) is 61.6 cm³/mol. The van der Waals surface area contributed by atoms with Crippen LogP contribution in [0.4, 0.5) is 0 Å². The molecular weight excluding hydrogens is 168 g/mol. The van der Waals surface area contributed by atoms with Crippen molar-refractivity contribution in [1.29, 1.82) is 0 Å². The average Bonchev–Trinajstić information content (AvgIpc) is 2.67. The normalized spacial score (nSPS) is 26.7. The molecule has 0 nitrogen and oxygen atoms in total. The maximum atomic E-state index is 2.32. The molecule has 0 aliphatic heterocycles. The maximum Gasteiger partial charge on any atom is -0.0159 e. The van der Waals surface area contributed by atoms with Crippen molar-refractivity contribution in [3.8, 4) is 0 Å². The van der Waals surface area contributed by atoms with Gasteiger partial charge in [0.2, 0.25) is 0 Å². The number of rotatable bonds is 2. The zero-order valence-corrected chi connectivity index (χ0v) is 9.29. The molecule has 0 bridgehead atoms. The molecule has 1 aliphatic carbocycles. The van der Waals surface area contributed by atoms with Crippen LogP contribution in [-0.4, -0.2) is 0 Å². The molecule has 1 aromatic rings. The zero-order chi connectivity index (χ0) is 9.97. The van der Waals surface area contributed by atoms with Crippen molar-refractivity contribution in [2.24, 2.45) is 5.92 Å². The van der Waals surface area contributed by atoms with Crippen LogP contribution in [0.5, 0.6) is 0 Å². The topological polar surface area (TPSA) is 0 Å². The van der Waals surface area contributed by atoms with Crippen LogP contribution in [-0.2, 0) is 0 Å². The summed E-state index contributed by atoms with van der Waals surface area (Å²) in [5.41, 5.74) is 2.94. The highest BCUT2D eigenvalue weighted by molar-refractivity contribution is 5.25. The summed E-state index contributed by atoms with van der Waals surface area (Å²) in [6.07, 6.45) is 5.62. The lowest BCUT2D eigenvalue weighted by molar-refractivity contribution is 0.521. The highest BCUT2D eigenvalue weighted by atomic mass is 14.3. The summed E-state index contributed by atoms with van der Waals surface area (Å²) in [5, 5.41) is 0. The van der Waals surface area contributed by atoms with Gasteiger partial charge in [0.25, 0.3) is 0 Å². The first-order chi connectivity index (χ1) is 6.79. The van der Waals surface area contributed by atoms with Gasteiger partial charge in [0.05, 0.1) is 0 Å². The summed E-state index contributed by atoms with van der Waals surface area (Å²) in [6, 6.07) is 9.12. The molecule has 0 aromatic heterocycles. The van der Waals surface area contributed by atoms with Crippen molar-refractivity contribution < 1.29 is 0 Å². The van der Waals surface area contributed by atoms with Crippen molar-refractivity contribution >= 4 is 0 Å². The molecule has 2 rings (SSSR count). The summed E-state index contributed by atoms with van der Waals surface area (Å²) in [6.45, 7) is 4.48. The number of hydrogen-bond acceptors (Lipinski definition) is 0. The predicted octanol–water partition coefficient (Wildman–Crippen LogP) is 4.29. The second-order valence-electron chi connectivity index (χ2n) is 4.69. The molecule has 0 saturated heterocycles. The monoisotopic (exact) mass is 188 g/mol. The third-order valence-corrected chi connectivity index (χ3v) is 3.67. The number of aryl methyl sites for hydroxylation is 1. The van der Waals surface area contributed by atoms with E-state index in [9.17, 15) is 0 Å². The van der Waals surface area contributed by atoms with E-state index in [0.29, 0.717) is 0 Å². The lowest BCUT2D eigenvalue weighted by Gasteiger charge is -2.10. The highest BCUT2D eigenvalue weighted by Gasteiger charge is 2.24. The van der Waals surface area contributed by atoms with Crippen LogP contribution < -0.4 is 0 Å². The van der Waals surface area contributed by atoms with E-state index in [1.807, 2.05) is 0 Å². The van der Waals surface area contributed by atoms with Crippen molar-refractivity contribution in [2.45, 2.75) is 45.4 Å². The van der Waals surface area contributed by atoms with Crippen LogP contribution in [0, 0.1) is 12.8 Å². The van der Waals surface area contributed by atoms with Crippen molar-refractivity contribution in [2.75, 3.05) is 0 Å². The molecule has 0 heteroatoms. The fraction of sp³-hybridized carbons (Fsp3) is 0.571. The van der Waals surface area contributed by atoms with Gasteiger partial charge in [0, 0.05) is 0 Å². The molecule has 0 N–H and O–H groups in total. The Bertz CT molecular complexity index is 283. The standard InChI is InChI=1S/C14H20/c1-3-12-6-9-14(10-12)13-7-4-11(2)5-8-13/h4-5,7-8,12,14H,3,6,9-10H2,1-2H3/t12-,14+/m1/s1. The van der Waals surface area contributed by atoms with Crippen LogP contribution >= 0.6 is 0 Å². The van der Waals surface area contributed by atoms with E-state index in [4.69, 9.17) is 0 Å². The van der Waals surface area contributed by atoms with Gasteiger partial charge in [-0.25, -0.2) is 0 Å². The number of benzene rings is 1. The van der Waals surface area contributed by atoms with Crippen molar-refractivity contribution in [3.05, 3.63) is 35.4 Å². The minimum absolute atomic E-state index is 0.848. The van der Waals surface area contributed by atoms with Gasteiger partial charge in [0.1, 0.15) is 0 Å². The van der Waals surface area contributed by atoms with Crippen molar-refractivity contribution in [3.63, 3.8) is 0 Å². The molecule has 0 spiro atoms. The molecule has 1 fully saturated rings. The van der Waals surface area contributed by atoms with Gasteiger partial charge >= 0.3 is 0 Å². The quantitative estimate of drug-likeness (QED) is 0.649. The maximum absolute atomic E-state index is 2.32. The second-order valence-corrected chi connectivity index (χ2v) is 4.69. The summed E-state index contributed by atoms with van der Waals surface area (Å²) in [5.74, 6) is 1.84. The van der Waals surface area contributed by atoms with E-state index in [0.717, 1.165) is 11.8 Å². The largest absolute Gasteiger partial charge is 0.0651 e. The van der Waals surface area contributed by atoms with Crippen LogP contribution in [0.1, 0.15) is 49.7 Å². The molecule has 1 saturated carbocycles. The van der Waals surface area contributed by atoms with Gasteiger partial charge in [-0.15, -0.1) is 0 Å². The first-order valence-electron chi connectivity index (χ1n) is 5.86. The second kappa shape index (κ2) is 4.16. The molecule has 2 atom stereocenters. The summed E-state index contributed by atoms with van der Waals surface area (Å²) in [4.78, 5) is 0. The van der Waals surface area contributed by atoms with Gasteiger partial charge in [-0.2, -0.15) is 0 Å². The third kappa shape index (κ3) is 2.00. The Balaban J connectivity index is 2.06. The van der Waals surface area contributed by atoms with Gasteiger partial charge in [0.15, 0.2) is 0 Å². The van der Waals surface area contributed by atoms with Crippen LogP contribution in [0.3, 0.4) is 0 Å². The Morgan fingerprint density at radius 2 is 1.86 bits per heavy atom. The minimum atomic E-state index is 0.848. The SMILES string of the molecule is CC[C@@H]1CC[C@H](c2ccc(C)cc2)C1. The smallest absolute Gasteiger partial charge is 0.0159 e. The Kier molecular flexibility index (Phi) is 2.90. The van der Waals surface area contributed by atoms with E-state index < -0.39 is 0 Å². The zero-order valence-electron chi connectivity index (χ0n) is 9.29. The lowest BCUT2D eigenvalue weighted by Crippen LogP contribution is -1.94. The van der Waals surface area contributed by atoms with Crippen LogP contribution in [0.25, 0.3) is 0 Å². The van der Waals surface area contributed by atoms with E-state index in [-0.39, 0.29) is 0 Å². The Hall–Kier alpha value is -0.780. The van der Waals surface area contributed by atoms with Crippen LogP contribution in [0.15, 0.2) is 24.3 Å². The van der Waals surface area contributed by atoms with Crippen molar-refractivity contribution in [1.82, 2.24) is 0 Å². The van der Waals surface area contributed by atoms with Gasteiger partial charge in [-0.05, 0) is 43.6 Å². The van der Waals surface area contributed by atoms with Gasteiger partial charge in [-0.3, -0.25) is 0 Å². The molecule has 1 aromatic carbocycles. The van der Waals surface area contributed by atoms with Crippen LogP contribution in [0.2, 0.25) is 0 Å². The molecule has 0 heterocycles. The van der Waals surface area contributed by atoms with E-state index in [2.05, 4.69) is 38.1 Å². The highest BCUT2D eigenvalue weighted by Crippen LogP contribution is 2.39.